The summed E-state index contributed by atoms with van der Waals surface area (Å²) in [5, 5.41) is 2.85. The van der Waals surface area contributed by atoms with Gasteiger partial charge < -0.3 is 10.1 Å². The second-order valence-electron chi connectivity index (χ2n) is 6.47. The second kappa shape index (κ2) is 8.15. The van der Waals surface area contributed by atoms with Gasteiger partial charge in [-0.3, -0.25) is 4.79 Å². The number of hydrogen-bond acceptors (Lipinski definition) is 5. The smallest absolute Gasteiger partial charge is 0.337 e. The summed E-state index contributed by atoms with van der Waals surface area (Å²) in [6.45, 7) is 2.45. The lowest BCUT2D eigenvalue weighted by Gasteiger charge is -2.32. The van der Waals surface area contributed by atoms with E-state index in [4.69, 9.17) is 4.74 Å². The van der Waals surface area contributed by atoms with Crippen LogP contribution in [0.5, 0.6) is 0 Å². The molecule has 0 aromatic heterocycles. The van der Waals surface area contributed by atoms with Gasteiger partial charge in [0.1, 0.15) is 0 Å². The maximum absolute atomic E-state index is 12.6. The Hall–Kier alpha value is -1.97. The maximum atomic E-state index is 12.6. The molecule has 1 N–H and O–H groups in total. The summed E-state index contributed by atoms with van der Waals surface area (Å²) in [4.78, 5) is 24.2. The zero-order valence-electron chi connectivity index (χ0n) is 15.5. The van der Waals surface area contributed by atoms with Crippen LogP contribution in [-0.2, 0) is 19.7 Å². The number of esters is 1. The molecule has 8 nitrogen and oxygen atoms in total. The highest BCUT2D eigenvalue weighted by Crippen LogP contribution is 2.24. The fourth-order valence-corrected chi connectivity index (χ4v) is 3.95. The van der Waals surface area contributed by atoms with Crippen LogP contribution in [0.4, 0.5) is 5.69 Å². The molecule has 1 fully saturated rings. The van der Waals surface area contributed by atoms with E-state index in [9.17, 15) is 18.0 Å². The quantitative estimate of drug-likeness (QED) is 0.772. The molecule has 0 aliphatic carbocycles. The van der Waals surface area contributed by atoms with E-state index >= 15 is 0 Å². The van der Waals surface area contributed by atoms with Crippen molar-refractivity contribution in [2.75, 3.05) is 39.6 Å². The molecule has 1 heterocycles. The van der Waals surface area contributed by atoms with Crippen LogP contribution in [0.1, 0.15) is 28.8 Å². The second-order valence-corrected chi connectivity index (χ2v) is 8.62. The Morgan fingerprint density at radius 3 is 2.38 bits per heavy atom. The molecule has 1 aromatic carbocycles. The highest BCUT2D eigenvalue weighted by Gasteiger charge is 2.32. The number of carbonyl (C=O) groups excluding carboxylic acids is 2. The molecular formula is C17H25N3O5S. The van der Waals surface area contributed by atoms with Crippen molar-refractivity contribution >= 4 is 27.8 Å². The maximum Gasteiger partial charge on any atom is 0.337 e. The van der Waals surface area contributed by atoms with Gasteiger partial charge >= 0.3 is 5.97 Å². The van der Waals surface area contributed by atoms with Crippen LogP contribution in [0.15, 0.2) is 18.2 Å². The molecule has 144 valence electrons. The van der Waals surface area contributed by atoms with E-state index < -0.39 is 16.2 Å². The fourth-order valence-electron chi connectivity index (χ4n) is 2.82. The summed E-state index contributed by atoms with van der Waals surface area (Å²) in [7, 11) is 0.835. The summed E-state index contributed by atoms with van der Waals surface area (Å²) in [6.07, 6.45) is 0.906. The third-order valence-corrected chi connectivity index (χ3v) is 6.47. The molecule has 1 saturated heterocycles. The summed E-state index contributed by atoms with van der Waals surface area (Å²) < 4.78 is 31.5. The average Bonchev–Trinajstić information content (AvgIpc) is 2.62. The van der Waals surface area contributed by atoms with Crippen LogP contribution >= 0.6 is 0 Å². The lowest BCUT2D eigenvalue weighted by atomic mass is 9.97. The monoisotopic (exact) mass is 383 g/mol. The lowest BCUT2D eigenvalue weighted by Crippen LogP contribution is -2.46. The standard InChI is InChI=1S/C17H25N3O5S/c1-12-5-6-14(17(22)25-4)11-15(12)18-16(21)13-7-9-20(10-8-13)26(23,24)19(2)3/h5-6,11,13H,7-10H2,1-4H3,(H,18,21). The van der Waals surface area contributed by atoms with Gasteiger partial charge in [-0.05, 0) is 37.5 Å². The Morgan fingerprint density at radius 1 is 1.23 bits per heavy atom. The number of ether oxygens (including phenoxy) is 1. The third kappa shape index (κ3) is 4.40. The average molecular weight is 383 g/mol. The number of aryl methyl sites for hydroxylation is 1. The van der Waals surface area contributed by atoms with Gasteiger partial charge in [0.15, 0.2) is 0 Å². The topological polar surface area (TPSA) is 96.0 Å². The van der Waals surface area contributed by atoms with Gasteiger partial charge in [0, 0.05) is 38.8 Å². The minimum atomic E-state index is -3.45. The van der Waals surface area contributed by atoms with E-state index in [1.165, 1.54) is 29.8 Å². The number of amides is 1. The number of carbonyl (C=O) groups is 2. The van der Waals surface area contributed by atoms with E-state index in [2.05, 4.69) is 5.32 Å². The number of hydrogen-bond donors (Lipinski definition) is 1. The molecule has 9 heteroatoms. The molecule has 1 aromatic rings. The fraction of sp³-hybridized carbons (Fsp3) is 0.529. The van der Waals surface area contributed by atoms with E-state index in [1.54, 1.807) is 18.2 Å². The first-order valence-electron chi connectivity index (χ1n) is 8.34. The summed E-state index contributed by atoms with van der Waals surface area (Å²) in [5.41, 5.74) is 1.75. The normalized spacial score (nSPS) is 16.5. The zero-order chi connectivity index (χ0) is 19.5. The highest BCUT2D eigenvalue weighted by atomic mass is 32.2. The van der Waals surface area contributed by atoms with E-state index in [0.717, 1.165) is 5.56 Å². The number of nitrogens with one attached hydrogen (secondary N) is 1. The number of rotatable bonds is 5. The van der Waals surface area contributed by atoms with E-state index in [0.29, 0.717) is 37.2 Å². The first kappa shape index (κ1) is 20.3. The molecule has 1 aliphatic rings. The van der Waals surface area contributed by atoms with Crippen LogP contribution in [0.25, 0.3) is 0 Å². The van der Waals surface area contributed by atoms with Crippen molar-refractivity contribution in [3.63, 3.8) is 0 Å². The number of piperidine rings is 1. The van der Waals surface area contributed by atoms with Crippen LogP contribution in [0.2, 0.25) is 0 Å². The van der Waals surface area contributed by atoms with Crippen molar-refractivity contribution in [2.24, 2.45) is 5.92 Å². The summed E-state index contributed by atoms with van der Waals surface area (Å²) >= 11 is 0. The minimum absolute atomic E-state index is 0.169. The molecule has 2 rings (SSSR count). The van der Waals surface area contributed by atoms with Gasteiger partial charge in [-0.1, -0.05) is 6.07 Å². The molecular weight excluding hydrogens is 358 g/mol. The van der Waals surface area contributed by atoms with Gasteiger partial charge in [0.2, 0.25) is 5.91 Å². The van der Waals surface area contributed by atoms with Gasteiger partial charge in [-0.15, -0.1) is 0 Å². The van der Waals surface area contributed by atoms with Crippen LogP contribution in [0.3, 0.4) is 0 Å². The Kier molecular flexibility index (Phi) is 6.38. The van der Waals surface area contributed by atoms with Crippen LogP contribution in [0, 0.1) is 12.8 Å². The van der Waals surface area contributed by atoms with Crippen LogP contribution in [-0.4, -0.2) is 63.2 Å². The van der Waals surface area contributed by atoms with Crippen molar-refractivity contribution in [1.82, 2.24) is 8.61 Å². The first-order chi connectivity index (χ1) is 12.2. The molecule has 0 saturated carbocycles. The van der Waals surface area contributed by atoms with Crippen molar-refractivity contribution in [3.05, 3.63) is 29.3 Å². The Morgan fingerprint density at radius 2 is 1.85 bits per heavy atom. The Labute approximate surface area is 154 Å². The molecule has 1 aliphatic heterocycles. The molecule has 26 heavy (non-hydrogen) atoms. The molecule has 0 radical (unpaired) electrons. The van der Waals surface area contributed by atoms with Gasteiger partial charge in [-0.25, -0.2) is 4.79 Å². The van der Waals surface area contributed by atoms with Crippen LogP contribution < -0.4 is 5.32 Å². The lowest BCUT2D eigenvalue weighted by molar-refractivity contribution is -0.120. The Balaban J connectivity index is 2.03. The zero-order valence-corrected chi connectivity index (χ0v) is 16.3. The Bertz CT molecular complexity index is 784. The first-order valence-corrected chi connectivity index (χ1v) is 9.74. The van der Waals surface area contributed by atoms with Crippen molar-refractivity contribution in [1.29, 1.82) is 0 Å². The molecule has 0 spiro atoms. The number of anilines is 1. The minimum Gasteiger partial charge on any atom is -0.465 e. The SMILES string of the molecule is COC(=O)c1ccc(C)c(NC(=O)C2CCN(S(=O)(=O)N(C)C)CC2)c1. The van der Waals surface area contributed by atoms with E-state index in [1.807, 2.05) is 6.92 Å². The number of benzene rings is 1. The number of methoxy groups -OCH3 is 1. The largest absolute Gasteiger partial charge is 0.465 e. The summed E-state index contributed by atoms with van der Waals surface area (Å²) in [6, 6.07) is 4.97. The third-order valence-electron chi connectivity index (χ3n) is 4.53. The molecule has 0 bridgehead atoms. The predicted octanol–water partition coefficient (Wildman–Crippen LogP) is 1.24. The van der Waals surface area contributed by atoms with Crippen molar-refractivity contribution < 1.29 is 22.7 Å². The highest BCUT2D eigenvalue weighted by molar-refractivity contribution is 7.86. The summed E-state index contributed by atoms with van der Waals surface area (Å²) in [5.74, 6) is -0.912. The van der Waals surface area contributed by atoms with Gasteiger partial charge in [-0.2, -0.15) is 17.0 Å². The number of nitrogens with zero attached hydrogens (tertiary/aromatic N) is 2. The van der Waals surface area contributed by atoms with Gasteiger partial charge in [0.05, 0.1) is 12.7 Å². The predicted molar refractivity (Wildman–Crippen MR) is 98.1 cm³/mol. The molecule has 0 atom stereocenters. The van der Waals surface area contributed by atoms with Gasteiger partial charge in [0.25, 0.3) is 10.2 Å². The van der Waals surface area contributed by atoms with Crippen molar-refractivity contribution in [2.45, 2.75) is 19.8 Å². The molecule has 0 unspecified atom stereocenters. The van der Waals surface area contributed by atoms with E-state index in [-0.39, 0.29) is 11.8 Å². The molecule has 1 amide bonds. The van der Waals surface area contributed by atoms with Crippen molar-refractivity contribution in [3.8, 4) is 0 Å².